The number of nitrogens with one attached hydrogen (secondary N) is 2. The standard InChI is InChI=1S/C14H17F3N2O/c15-10-5-6-11(14(17)13(10)16)19-12(20)7-8-18-9-3-1-2-4-9/h5-6,9,18H,1-4,7-8H2,(H,19,20). The molecule has 1 aromatic rings. The quantitative estimate of drug-likeness (QED) is 0.817. The van der Waals surface area contributed by atoms with Crippen molar-refractivity contribution in [1.82, 2.24) is 5.32 Å². The molecule has 0 saturated heterocycles. The average Bonchev–Trinajstić information content (AvgIpc) is 2.93. The summed E-state index contributed by atoms with van der Waals surface area (Å²) in [7, 11) is 0. The third kappa shape index (κ3) is 3.72. The molecule has 0 radical (unpaired) electrons. The summed E-state index contributed by atoms with van der Waals surface area (Å²) in [6, 6.07) is 2.24. The maximum Gasteiger partial charge on any atom is 0.225 e. The van der Waals surface area contributed by atoms with Gasteiger partial charge in [0.1, 0.15) is 0 Å². The minimum atomic E-state index is -1.58. The number of hydrogen-bond donors (Lipinski definition) is 2. The van der Waals surface area contributed by atoms with Gasteiger partial charge < -0.3 is 10.6 Å². The molecule has 2 rings (SSSR count). The lowest BCUT2D eigenvalue weighted by Crippen LogP contribution is -2.29. The summed E-state index contributed by atoms with van der Waals surface area (Å²) in [6.45, 7) is 0.488. The van der Waals surface area contributed by atoms with E-state index >= 15 is 0 Å². The summed E-state index contributed by atoms with van der Waals surface area (Å²) < 4.78 is 39.1. The van der Waals surface area contributed by atoms with Crippen molar-refractivity contribution in [3.8, 4) is 0 Å². The van der Waals surface area contributed by atoms with Gasteiger partial charge in [0.2, 0.25) is 5.91 Å². The third-order valence-electron chi connectivity index (χ3n) is 3.45. The number of amides is 1. The zero-order valence-corrected chi connectivity index (χ0v) is 11.0. The molecule has 0 bridgehead atoms. The molecule has 0 aromatic heterocycles. The summed E-state index contributed by atoms with van der Waals surface area (Å²) >= 11 is 0. The van der Waals surface area contributed by atoms with Crippen molar-refractivity contribution in [3.05, 3.63) is 29.6 Å². The zero-order valence-electron chi connectivity index (χ0n) is 11.0. The molecule has 6 heteroatoms. The van der Waals surface area contributed by atoms with Crippen molar-refractivity contribution < 1.29 is 18.0 Å². The molecule has 1 aromatic carbocycles. The molecule has 20 heavy (non-hydrogen) atoms. The van der Waals surface area contributed by atoms with Crippen LogP contribution in [0.25, 0.3) is 0 Å². The second-order valence-electron chi connectivity index (χ2n) is 4.96. The van der Waals surface area contributed by atoms with E-state index in [0.29, 0.717) is 12.6 Å². The Morgan fingerprint density at radius 3 is 2.55 bits per heavy atom. The van der Waals surface area contributed by atoms with Crippen LogP contribution in [-0.4, -0.2) is 18.5 Å². The summed E-state index contributed by atoms with van der Waals surface area (Å²) in [4.78, 5) is 11.6. The smallest absolute Gasteiger partial charge is 0.225 e. The van der Waals surface area contributed by atoms with E-state index in [-0.39, 0.29) is 12.1 Å². The zero-order chi connectivity index (χ0) is 14.5. The first-order valence-corrected chi connectivity index (χ1v) is 6.74. The van der Waals surface area contributed by atoms with Crippen molar-refractivity contribution in [2.75, 3.05) is 11.9 Å². The van der Waals surface area contributed by atoms with Gasteiger partial charge in [-0.2, -0.15) is 0 Å². The van der Waals surface area contributed by atoms with Crippen molar-refractivity contribution in [2.24, 2.45) is 0 Å². The second kappa shape index (κ2) is 6.74. The van der Waals surface area contributed by atoms with E-state index in [2.05, 4.69) is 10.6 Å². The van der Waals surface area contributed by atoms with Crippen LogP contribution in [0.2, 0.25) is 0 Å². The Kier molecular flexibility index (Phi) is 5.00. The van der Waals surface area contributed by atoms with E-state index in [1.807, 2.05) is 0 Å². The molecule has 0 spiro atoms. The summed E-state index contributed by atoms with van der Waals surface area (Å²) in [5.74, 6) is -4.65. The predicted octanol–water partition coefficient (Wildman–Crippen LogP) is 2.96. The number of anilines is 1. The maximum absolute atomic E-state index is 13.3. The van der Waals surface area contributed by atoms with Crippen LogP contribution in [0, 0.1) is 17.5 Å². The molecule has 1 aliphatic rings. The fourth-order valence-corrected chi connectivity index (χ4v) is 2.35. The second-order valence-corrected chi connectivity index (χ2v) is 4.96. The third-order valence-corrected chi connectivity index (χ3v) is 3.45. The summed E-state index contributed by atoms with van der Waals surface area (Å²) in [5, 5.41) is 5.49. The molecular weight excluding hydrogens is 269 g/mol. The van der Waals surface area contributed by atoms with Crippen molar-refractivity contribution >= 4 is 11.6 Å². The topological polar surface area (TPSA) is 41.1 Å². The lowest BCUT2D eigenvalue weighted by Gasteiger charge is -2.12. The first-order valence-electron chi connectivity index (χ1n) is 6.74. The van der Waals surface area contributed by atoms with E-state index in [0.717, 1.165) is 25.0 Å². The molecule has 0 atom stereocenters. The molecule has 1 aliphatic carbocycles. The number of carbonyl (C=O) groups excluding carboxylic acids is 1. The van der Waals surface area contributed by atoms with E-state index in [9.17, 15) is 18.0 Å². The SMILES string of the molecule is O=C(CCNC1CCCC1)Nc1ccc(F)c(F)c1F. The van der Waals surface area contributed by atoms with E-state index in [4.69, 9.17) is 0 Å². The molecule has 2 N–H and O–H groups in total. The fourth-order valence-electron chi connectivity index (χ4n) is 2.35. The van der Waals surface area contributed by atoms with Gasteiger partial charge in [0.05, 0.1) is 5.69 Å². The number of halogens is 3. The first-order chi connectivity index (χ1) is 9.58. The van der Waals surface area contributed by atoms with Gasteiger partial charge in [0.25, 0.3) is 0 Å². The lowest BCUT2D eigenvalue weighted by molar-refractivity contribution is -0.116. The molecule has 0 heterocycles. The van der Waals surface area contributed by atoms with Crippen molar-refractivity contribution in [1.29, 1.82) is 0 Å². The summed E-state index contributed by atoms with van der Waals surface area (Å²) in [5.41, 5.74) is -0.338. The molecule has 1 amide bonds. The Hall–Kier alpha value is -1.56. The van der Waals surface area contributed by atoms with Crippen LogP contribution >= 0.6 is 0 Å². The lowest BCUT2D eigenvalue weighted by atomic mass is 10.2. The highest BCUT2D eigenvalue weighted by atomic mass is 19.2. The van der Waals surface area contributed by atoms with Gasteiger partial charge in [-0.05, 0) is 25.0 Å². The van der Waals surface area contributed by atoms with Gasteiger partial charge in [-0.1, -0.05) is 12.8 Å². The van der Waals surface area contributed by atoms with Crippen LogP contribution in [0.15, 0.2) is 12.1 Å². The Bertz CT molecular complexity index is 488. The first kappa shape index (κ1) is 14.8. The number of benzene rings is 1. The van der Waals surface area contributed by atoms with Crippen LogP contribution in [0.3, 0.4) is 0 Å². The largest absolute Gasteiger partial charge is 0.323 e. The van der Waals surface area contributed by atoms with Crippen LogP contribution < -0.4 is 10.6 Å². The Morgan fingerprint density at radius 2 is 1.85 bits per heavy atom. The molecule has 1 saturated carbocycles. The van der Waals surface area contributed by atoms with E-state index in [1.165, 1.54) is 12.8 Å². The highest BCUT2D eigenvalue weighted by Crippen LogP contribution is 2.20. The fraction of sp³-hybridized carbons (Fsp3) is 0.500. The predicted molar refractivity (Wildman–Crippen MR) is 69.8 cm³/mol. The van der Waals surface area contributed by atoms with Crippen molar-refractivity contribution in [3.63, 3.8) is 0 Å². The van der Waals surface area contributed by atoms with Crippen molar-refractivity contribution in [2.45, 2.75) is 38.1 Å². The van der Waals surface area contributed by atoms with Gasteiger partial charge in [-0.25, -0.2) is 13.2 Å². The number of carbonyl (C=O) groups is 1. The number of hydrogen-bond acceptors (Lipinski definition) is 2. The normalized spacial score (nSPS) is 15.6. The van der Waals surface area contributed by atoms with Gasteiger partial charge in [0, 0.05) is 19.0 Å². The van der Waals surface area contributed by atoms with Crippen LogP contribution in [0.4, 0.5) is 18.9 Å². The van der Waals surface area contributed by atoms with Gasteiger partial charge >= 0.3 is 0 Å². The van der Waals surface area contributed by atoms with E-state index in [1.54, 1.807) is 0 Å². The maximum atomic E-state index is 13.3. The molecule has 0 aliphatic heterocycles. The molecular formula is C14H17F3N2O. The highest BCUT2D eigenvalue weighted by molar-refractivity contribution is 5.90. The monoisotopic (exact) mass is 286 g/mol. The molecule has 3 nitrogen and oxygen atoms in total. The van der Waals surface area contributed by atoms with Gasteiger partial charge in [-0.15, -0.1) is 0 Å². The van der Waals surface area contributed by atoms with Gasteiger partial charge in [0.15, 0.2) is 17.5 Å². The highest BCUT2D eigenvalue weighted by Gasteiger charge is 2.16. The van der Waals surface area contributed by atoms with Crippen LogP contribution in [-0.2, 0) is 4.79 Å². The summed E-state index contributed by atoms with van der Waals surface area (Å²) in [6.07, 6.45) is 4.78. The minimum absolute atomic E-state index is 0.162. The molecule has 1 fully saturated rings. The Labute approximate surface area is 115 Å². The van der Waals surface area contributed by atoms with Crippen LogP contribution in [0.5, 0.6) is 0 Å². The van der Waals surface area contributed by atoms with Crippen LogP contribution in [0.1, 0.15) is 32.1 Å². The molecule has 0 unspecified atom stereocenters. The Balaban J connectivity index is 1.80. The molecule has 110 valence electrons. The average molecular weight is 286 g/mol. The van der Waals surface area contributed by atoms with E-state index < -0.39 is 23.4 Å². The Morgan fingerprint density at radius 1 is 1.15 bits per heavy atom. The number of rotatable bonds is 5. The minimum Gasteiger partial charge on any atom is -0.323 e. The van der Waals surface area contributed by atoms with Gasteiger partial charge in [-0.3, -0.25) is 4.79 Å².